The van der Waals surface area contributed by atoms with Crippen LogP contribution in [0.1, 0.15) is 83.1 Å². The van der Waals surface area contributed by atoms with E-state index in [0.29, 0.717) is 13.7 Å². The summed E-state index contributed by atoms with van der Waals surface area (Å²) < 4.78 is 1.62. The molecular formula is C16H38Cl2O2Sn2. The van der Waals surface area contributed by atoms with E-state index in [2.05, 4.69) is 83.1 Å². The molecule has 0 aliphatic heterocycles. The second kappa shape index (κ2) is 10.9. The van der Waals surface area contributed by atoms with Crippen molar-refractivity contribution in [3.05, 3.63) is 0 Å². The van der Waals surface area contributed by atoms with Gasteiger partial charge >= 0.3 is 152 Å². The molecule has 0 saturated carbocycles. The number of halogens is 2. The Morgan fingerprint density at radius 2 is 0.500 bits per heavy atom. The first kappa shape index (κ1) is 31.8. The van der Waals surface area contributed by atoms with Crippen LogP contribution in [0, 0.1) is 0 Å². The predicted octanol–water partition coefficient (Wildman–Crippen LogP) is 7.28. The van der Waals surface area contributed by atoms with E-state index < -0.39 is 37.3 Å². The summed E-state index contributed by atoms with van der Waals surface area (Å²) >= 11 is -3.33. The Morgan fingerprint density at radius 1 is 0.409 bits per heavy atom. The fraction of sp³-hybridized carbons (Fsp3) is 1.00. The summed E-state index contributed by atoms with van der Waals surface area (Å²) in [5.41, 5.74) is 0. The average molecular weight is 571 g/mol. The second-order valence-corrected chi connectivity index (χ2v) is 35.4. The van der Waals surface area contributed by atoms with Crippen LogP contribution in [0.4, 0.5) is 0 Å². The first-order chi connectivity index (χ1) is 8.31. The number of rotatable bonds is 0. The van der Waals surface area contributed by atoms with Crippen LogP contribution in [0.2, 0.25) is 13.7 Å². The number of hydrogen-bond acceptors (Lipinski definition) is 2. The zero-order valence-electron chi connectivity index (χ0n) is 16.7. The molecule has 0 aliphatic rings. The average Bonchev–Trinajstić information content (AvgIpc) is 2.10. The van der Waals surface area contributed by atoms with Gasteiger partial charge in [-0.3, -0.25) is 0 Å². The molecule has 0 aromatic carbocycles. The minimum absolute atomic E-state index is 0. The SMILES string of the molecule is C[C](C)(C)[Sn+]([Cl])[C](C)(C)C.C[C](C)(C)[Sn+]([Cl])[C](C)(C)C.[OH-].[OH-]. The fourth-order valence-corrected chi connectivity index (χ4v) is 15.1. The minimum Gasteiger partial charge on any atom is -0.870 e. The van der Waals surface area contributed by atoms with Crippen LogP contribution in [0.25, 0.3) is 0 Å². The van der Waals surface area contributed by atoms with E-state index in [-0.39, 0.29) is 11.0 Å². The molecule has 0 spiro atoms. The predicted molar refractivity (Wildman–Crippen MR) is 106 cm³/mol. The van der Waals surface area contributed by atoms with E-state index in [1.807, 2.05) is 0 Å². The van der Waals surface area contributed by atoms with Crippen molar-refractivity contribution in [3.8, 4) is 0 Å². The van der Waals surface area contributed by atoms with Crippen LogP contribution in [0.3, 0.4) is 0 Å². The van der Waals surface area contributed by atoms with E-state index in [1.54, 1.807) is 0 Å². The summed E-state index contributed by atoms with van der Waals surface area (Å²) in [6.07, 6.45) is 0. The van der Waals surface area contributed by atoms with E-state index in [0.717, 1.165) is 0 Å². The van der Waals surface area contributed by atoms with Crippen LogP contribution in [-0.2, 0) is 0 Å². The van der Waals surface area contributed by atoms with E-state index in [9.17, 15) is 0 Å². The van der Waals surface area contributed by atoms with Crippen molar-refractivity contribution in [3.63, 3.8) is 0 Å². The third-order valence-corrected chi connectivity index (χ3v) is 32.9. The molecule has 0 atom stereocenters. The maximum absolute atomic E-state index is 6.43. The van der Waals surface area contributed by atoms with Gasteiger partial charge < -0.3 is 11.0 Å². The molecule has 0 heterocycles. The van der Waals surface area contributed by atoms with Crippen LogP contribution >= 0.6 is 17.8 Å². The van der Waals surface area contributed by atoms with Crippen molar-refractivity contribution < 1.29 is 11.0 Å². The summed E-state index contributed by atoms with van der Waals surface area (Å²) in [5.74, 6) is 0. The normalized spacial score (nSPS) is 12.3. The monoisotopic (exact) mass is 572 g/mol. The third-order valence-electron chi connectivity index (χ3n) is 2.63. The molecular weight excluding hydrogens is 533 g/mol. The second-order valence-electron chi connectivity index (χ2n) is 9.63. The van der Waals surface area contributed by atoms with Crippen molar-refractivity contribution in [1.29, 1.82) is 0 Å². The van der Waals surface area contributed by atoms with Gasteiger partial charge in [0, 0.05) is 0 Å². The zero-order valence-corrected chi connectivity index (χ0v) is 23.9. The Kier molecular flexibility index (Phi) is 15.8. The van der Waals surface area contributed by atoms with Crippen LogP contribution in [-0.4, -0.2) is 48.2 Å². The van der Waals surface area contributed by atoms with Gasteiger partial charge in [0.2, 0.25) is 0 Å². The van der Waals surface area contributed by atoms with Gasteiger partial charge in [-0.05, 0) is 0 Å². The van der Waals surface area contributed by atoms with Crippen molar-refractivity contribution in [2.45, 2.75) is 96.8 Å². The van der Waals surface area contributed by atoms with Crippen LogP contribution < -0.4 is 0 Å². The van der Waals surface area contributed by atoms with Gasteiger partial charge in [-0.1, -0.05) is 0 Å². The van der Waals surface area contributed by atoms with Crippen molar-refractivity contribution in [1.82, 2.24) is 0 Å². The Balaban J connectivity index is -0.000000135. The Morgan fingerprint density at radius 3 is 0.500 bits per heavy atom. The molecule has 0 aliphatic carbocycles. The fourth-order valence-electron chi connectivity index (χ4n) is 2.25. The smallest absolute Gasteiger partial charge is 0.870 e. The van der Waals surface area contributed by atoms with Gasteiger partial charge in [-0.25, -0.2) is 0 Å². The molecule has 0 bridgehead atoms. The van der Waals surface area contributed by atoms with Crippen molar-refractivity contribution in [2.75, 3.05) is 0 Å². The Labute approximate surface area is 161 Å². The van der Waals surface area contributed by atoms with Crippen LogP contribution in [0.15, 0.2) is 0 Å². The van der Waals surface area contributed by atoms with Gasteiger partial charge in [-0.15, -0.1) is 0 Å². The summed E-state index contributed by atoms with van der Waals surface area (Å²) in [6, 6.07) is 0. The van der Waals surface area contributed by atoms with Gasteiger partial charge in [0.1, 0.15) is 0 Å². The molecule has 2 nitrogen and oxygen atoms in total. The minimum atomic E-state index is -1.66. The van der Waals surface area contributed by atoms with E-state index in [4.69, 9.17) is 17.8 Å². The molecule has 0 aromatic heterocycles. The number of hydrogen-bond donors (Lipinski definition) is 0. The first-order valence-corrected chi connectivity index (χ1v) is 20.3. The first-order valence-electron chi connectivity index (χ1n) is 7.38. The topological polar surface area (TPSA) is 60.0 Å². The summed E-state index contributed by atoms with van der Waals surface area (Å²) in [5, 5.41) is 0. The molecule has 0 saturated heterocycles. The molecule has 0 unspecified atom stereocenters. The molecule has 0 aromatic rings. The molecule has 0 fully saturated rings. The maximum atomic E-state index is 6.43. The van der Waals surface area contributed by atoms with Crippen molar-refractivity contribution >= 4 is 55.1 Å². The standard InChI is InChI=1S/4C4H9.2ClH.2H2O.2Sn/c4*1-4(2)3;;;;;;/h4*1-3H3;2*1H;2*1H2;;/q;;;;;;;;2*+2/p-4. The molecule has 2 N–H and O–H groups in total. The summed E-state index contributed by atoms with van der Waals surface area (Å²) in [6.45, 7) is 27.2. The molecule has 6 heteroatoms. The molecule has 136 valence electrons. The Hall–Kier alpha value is 2.10. The van der Waals surface area contributed by atoms with Gasteiger partial charge in [0.15, 0.2) is 0 Å². The maximum Gasteiger partial charge on any atom is -0.870 e. The molecule has 0 rings (SSSR count). The third kappa shape index (κ3) is 14.4. The largest absolute Gasteiger partial charge is 0.870 e. The van der Waals surface area contributed by atoms with Gasteiger partial charge in [-0.2, -0.15) is 0 Å². The van der Waals surface area contributed by atoms with Crippen LogP contribution in [0.5, 0.6) is 0 Å². The van der Waals surface area contributed by atoms with E-state index >= 15 is 0 Å². The molecule has 0 radical (unpaired) electrons. The molecule has 22 heavy (non-hydrogen) atoms. The Bertz CT molecular complexity index is 226. The van der Waals surface area contributed by atoms with Gasteiger partial charge in [0.05, 0.1) is 0 Å². The summed E-state index contributed by atoms with van der Waals surface area (Å²) in [4.78, 5) is 0. The van der Waals surface area contributed by atoms with E-state index in [1.165, 1.54) is 0 Å². The van der Waals surface area contributed by atoms with Crippen molar-refractivity contribution in [2.24, 2.45) is 0 Å². The quantitative estimate of drug-likeness (QED) is 0.287. The van der Waals surface area contributed by atoms with Gasteiger partial charge in [0.25, 0.3) is 0 Å². The summed E-state index contributed by atoms with van der Waals surface area (Å²) in [7, 11) is 12.9. The molecule has 0 amide bonds. The zero-order chi connectivity index (χ0) is 17.2.